The molecule has 0 bridgehead atoms. The highest BCUT2D eigenvalue weighted by Crippen LogP contribution is 2.12. The molecule has 0 spiro atoms. The molecule has 0 heterocycles. The first-order valence-electron chi connectivity index (χ1n) is 15.9. The minimum absolute atomic E-state index is 0.0722. The second-order valence-corrected chi connectivity index (χ2v) is 10.5. The van der Waals surface area contributed by atoms with Crippen LogP contribution in [-0.4, -0.2) is 36.4 Å². The van der Waals surface area contributed by atoms with Gasteiger partial charge in [0.25, 0.3) is 0 Å². The van der Waals surface area contributed by atoms with E-state index in [2.05, 4.69) is 38.2 Å². The third-order valence-corrected chi connectivity index (χ3v) is 6.73. The molecule has 0 aliphatic rings. The predicted molar refractivity (Wildman–Crippen MR) is 159 cm³/mol. The molecule has 38 heavy (non-hydrogen) atoms. The van der Waals surface area contributed by atoms with Crippen LogP contribution in [0.15, 0.2) is 24.3 Å². The maximum Gasteiger partial charge on any atom is 0.306 e. The summed E-state index contributed by atoms with van der Waals surface area (Å²) in [6.45, 7) is 3.99. The number of carbonyl (C=O) groups excluding carboxylic acids is 2. The largest absolute Gasteiger partial charge is 0.462 e. The molecule has 5 nitrogen and oxygen atoms in total. The van der Waals surface area contributed by atoms with Crippen LogP contribution in [-0.2, 0) is 19.1 Å². The highest BCUT2D eigenvalue weighted by atomic mass is 16.6. The highest BCUT2D eigenvalue weighted by molar-refractivity contribution is 5.70. The van der Waals surface area contributed by atoms with Gasteiger partial charge in [-0.05, 0) is 57.8 Å². The van der Waals surface area contributed by atoms with E-state index in [0.29, 0.717) is 12.8 Å². The molecule has 0 radical (unpaired) electrons. The molecule has 0 rings (SSSR count). The predicted octanol–water partition coefficient (Wildman–Crippen LogP) is 9.17. The SMILES string of the molecule is CC/C=C\CCCCCCCC(=O)OC[C@H](CO)OC(=O)CCCCCCC/C=C\CCCCCCCC. The van der Waals surface area contributed by atoms with Crippen LogP contribution in [0, 0.1) is 0 Å². The lowest BCUT2D eigenvalue weighted by molar-refractivity contribution is -0.161. The molecule has 0 aromatic rings. The first kappa shape index (κ1) is 36.4. The second-order valence-electron chi connectivity index (χ2n) is 10.5. The number of aliphatic hydroxyl groups is 1. The van der Waals surface area contributed by atoms with Crippen molar-refractivity contribution in [2.24, 2.45) is 0 Å². The summed E-state index contributed by atoms with van der Waals surface area (Å²) < 4.78 is 10.5. The Morgan fingerprint density at radius 1 is 0.605 bits per heavy atom. The Morgan fingerprint density at radius 3 is 1.55 bits per heavy atom. The quantitative estimate of drug-likeness (QED) is 0.0613. The van der Waals surface area contributed by atoms with Crippen LogP contribution in [0.4, 0.5) is 0 Å². The standard InChI is InChI=1S/C33H60O5/c1-3-5-7-9-11-13-14-15-16-17-18-20-22-24-26-28-33(36)38-31(29-34)30-37-32(35)27-25-23-21-19-12-10-8-6-4-2/h6,8,15-16,31,34H,3-5,7,9-14,17-30H2,1-2H3/b8-6-,16-15-/t31-/m0/s1. The zero-order chi connectivity index (χ0) is 27.9. The topological polar surface area (TPSA) is 72.8 Å². The molecule has 0 aliphatic carbocycles. The molecule has 0 amide bonds. The van der Waals surface area contributed by atoms with E-state index >= 15 is 0 Å². The summed E-state index contributed by atoms with van der Waals surface area (Å²) in [6, 6.07) is 0. The molecule has 1 atom stereocenters. The molecule has 222 valence electrons. The molecule has 0 unspecified atom stereocenters. The van der Waals surface area contributed by atoms with Crippen molar-refractivity contribution in [3.05, 3.63) is 24.3 Å². The van der Waals surface area contributed by atoms with E-state index in [0.717, 1.165) is 57.8 Å². The van der Waals surface area contributed by atoms with Gasteiger partial charge in [-0.15, -0.1) is 0 Å². The number of ether oxygens (including phenoxy) is 2. The summed E-state index contributed by atoms with van der Waals surface area (Å²) in [6.07, 6.45) is 32.3. The average Bonchev–Trinajstić information content (AvgIpc) is 2.92. The van der Waals surface area contributed by atoms with Crippen molar-refractivity contribution in [3.8, 4) is 0 Å². The van der Waals surface area contributed by atoms with E-state index in [1.807, 2.05) is 0 Å². The van der Waals surface area contributed by atoms with Gasteiger partial charge in [0.05, 0.1) is 6.61 Å². The Hall–Kier alpha value is -1.62. The van der Waals surface area contributed by atoms with Crippen molar-refractivity contribution in [3.63, 3.8) is 0 Å². The van der Waals surface area contributed by atoms with Gasteiger partial charge in [0.2, 0.25) is 0 Å². The number of esters is 2. The van der Waals surface area contributed by atoms with Gasteiger partial charge in [0.15, 0.2) is 6.10 Å². The second kappa shape index (κ2) is 29.9. The molecule has 0 saturated carbocycles. The zero-order valence-electron chi connectivity index (χ0n) is 24.9. The van der Waals surface area contributed by atoms with E-state index in [1.165, 1.54) is 70.6 Å². The molecule has 1 N–H and O–H groups in total. The van der Waals surface area contributed by atoms with Crippen LogP contribution in [0.1, 0.15) is 155 Å². The molecule has 0 aromatic heterocycles. The summed E-state index contributed by atoms with van der Waals surface area (Å²) >= 11 is 0. The van der Waals surface area contributed by atoms with Gasteiger partial charge in [-0.2, -0.15) is 0 Å². The van der Waals surface area contributed by atoms with Gasteiger partial charge in [0, 0.05) is 12.8 Å². The zero-order valence-corrected chi connectivity index (χ0v) is 24.9. The minimum Gasteiger partial charge on any atom is -0.462 e. The lowest BCUT2D eigenvalue weighted by atomic mass is 10.1. The molecular weight excluding hydrogens is 476 g/mol. The van der Waals surface area contributed by atoms with Crippen molar-refractivity contribution in [1.82, 2.24) is 0 Å². The highest BCUT2D eigenvalue weighted by Gasteiger charge is 2.16. The van der Waals surface area contributed by atoms with E-state index in [-0.39, 0.29) is 25.2 Å². The monoisotopic (exact) mass is 536 g/mol. The molecular formula is C33H60O5. The Labute approximate surface area is 234 Å². The first-order valence-corrected chi connectivity index (χ1v) is 15.9. The molecule has 0 aromatic carbocycles. The van der Waals surface area contributed by atoms with Gasteiger partial charge in [-0.25, -0.2) is 0 Å². The van der Waals surface area contributed by atoms with Crippen molar-refractivity contribution < 1.29 is 24.2 Å². The Morgan fingerprint density at radius 2 is 1.05 bits per heavy atom. The van der Waals surface area contributed by atoms with Gasteiger partial charge in [-0.1, -0.05) is 109 Å². The summed E-state index contributed by atoms with van der Waals surface area (Å²) in [5, 5.41) is 9.46. The number of aliphatic hydroxyl groups excluding tert-OH is 1. The van der Waals surface area contributed by atoms with Crippen LogP contribution in [0.2, 0.25) is 0 Å². The Kier molecular flexibility index (Phi) is 28.7. The number of unbranched alkanes of at least 4 members (excludes halogenated alkanes) is 16. The van der Waals surface area contributed by atoms with Gasteiger partial charge in [-0.3, -0.25) is 9.59 Å². The first-order chi connectivity index (χ1) is 18.6. The van der Waals surface area contributed by atoms with Gasteiger partial charge in [0.1, 0.15) is 6.61 Å². The van der Waals surface area contributed by atoms with Crippen LogP contribution < -0.4 is 0 Å². The lowest BCUT2D eigenvalue weighted by Gasteiger charge is -2.15. The third-order valence-electron chi connectivity index (χ3n) is 6.73. The number of allylic oxidation sites excluding steroid dienone is 4. The maximum atomic E-state index is 12.1. The van der Waals surface area contributed by atoms with Crippen LogP contribution >= 0.6 is 0 Å². The Balaban J connectivity index is 3.60. The van der Waals surface area contributed by atoms with Gasteiger partial charge >= 0.3 is 11.9 Å². The fourth-order valence-corrected chi connectivity index (χ4v) is 4.31. The number of hydrogen-bond donors (Lipinski definition) is 1. The third kappa shape index (κ3) is 27.4. The summed E-state index contributed by atoms with van der Waals surface area (Å²) in [5.41, 5.74) is 0. The van der Waals surface area contributed by atoms with E-state index in [1.54, 1.807) is 0 Å². The molecule has 5 heteroatoms. The van der Waals surface area contributed by atoms with Crippen LogP contribution in [0.3, 0.4) is 0 Å². The molecule has 0 fully saturated rings. The molecule has 0 saturated heterocycles. The normalized spacial score (nSPS) is 12.4. The van der Waals surface area contributed by atoms with Crippen molar-refractivity contribution in [1.29, 1.82) is 0 Å². The van der Waals surface area contributed by atoms with E-state index in [4.69, 9.17) is 9.47 Å². The molecule has 0 aliphatic heterocycles. The smallest absolute Gasteiger partial charge is 0.306 e. The van der Waals surface area contributed by atoms with Crippen LogP contribution in [0.25, 0.3) is 0 Å². The summed E-state index contributed by atoms with van der Waals surface area (Å²) in [7, 11) is 0. The van der Waals surface area contributed by atoms with E-state index < -0.39 is 6.10 Å². The fraction of sp³-hybridized carbons (Fsp3) is 0.818. The minimum atomic E-state index is -0.772. The lowest BCUT2D eigenvalue weighted by Crippen LogP contribution is -2.28. The summed E-state index contributed by atoms with van der Waals surface area (Å²) in [4.78, 5) is 24.0. The Bertz CT molecular complexity index is 584. The van der Waals surface area contributed by atoms with Crippen molar-refractivity contribution in [2.75, 3.05) is 13.2 Å². The number of carbonyl (C=O) groups is 2. The number of hydrogen-bond acceptors (Lipinski definition) is 5. The van der Waals surface area contributed by atoms with Gasteiger partial charge < -0.3 is 14.6 Å². The fourth-order valence-electron chi connectivity index (χ4n) is 4.31. The van der Waals surface area contributed by atoms with Crippen molar-refractivity contribution in [2.45, 2.75) is 161 Å². The van der Waals surface area contributed by atoms with E-state index in [9.17, 15) is 14.7 Å². The van der Waals surface area contributed by atoms with Crippen molar-refractivity contribution >= 4 is 11.9 Å². The average molecular weight is 537 g/mol. The van der Waals surface area contributed by atoms with Crippen LogP contribution in [0.5, 0.6) is 0 Å². The maximum absolute atomic E-state index is 12.1. The summed E-state index contributed by atoms with van der Waals surface area (Å²) in [5.74, 6) is -0.617. The number of rotatable bonds is 28.